The number of nitrogens with two attached hydrogens (primary N) is 1. The first-order valence-electron chi connectivity index (χ1n) is 7.75. The molecule has 20 heavy (non-hydrogen) atoms. The highest BCUT2D eigenvalue weighted by Gasteiger charge is 2.25. The van der Waals surface area contributed by atoms with E-state index in [1.807, 2.05) is 0 Å². The molecule has 1 aliphatic carbocycles. The van der Waals surface area contributed by atoms with Crippen LogP contribution in [0.1, 0.15) is 45.4 Å². The molecule has 1 atom stereocenters. The van der Waals surface area contributed by atoms with Crippen molar-refractivity contribution in [3.05, 3.63) is 0 Å². The van der Waals surface area contributed by atoms with Gasteiger partial charge < -0.3 is 16.0 Å². The van der Waals surface area contributed by atoms with Gasteiger partial charge in [0.1, 0.15) is 0 Å². The van der Waals surface area contributed by atoms with Crippen LogP contribution in [0, 0.1) is 5.92 Å². The lowest BCUT2D eigenvalue weighted by Gasteiger charge is -2.32. The average Bonchev–Trinajstić information content (AvgIpc) is 2.37. The molecule has 2 fully saturated rings. The fourth-order valence-electron chi connectivity index (χ4n) is 2.94. The van der Waals surface area contributed by atoms with E-state index >= 15 is 0 Å². The summed E-state index contributed by atoms with van der Waals surface area (Å²) in [6.07, 6.45) is 7.64. The van der Waals surface area contributed by atoms with Gasteiger partial charge in [-0.05, 0) is 44.9 Å². The molecule has 1 saturated carbocycles. The summed E-state index contributed by atoms with van der Waals surface area (Å²) in [6, 6.07) is 0.403. The molecule has 0 aromatic carbocycles. The molecule has 1 unspecified atom stereocenters. The Morgan fingerprint density at radius 3 is 2.50 bits per heavy atom. The summed E-state index contributed by atoms with van der Waals surface area (Å²) in [4.78, 5) is 15.3. The second kappa shape index (κ2) is 5.81. The van der Waals surface area contributed by atoms with Gasteiger partial charge in [-0.15, -0.1) is 0 Å². The highest BCUT2D eigenvalue weighted by Crippen LogP contribution is 2.30. The van der Waals surface area contributed by atoms with Crippen molar-refractivity contribution in [2.75, 3.05) is 29.0 Å². The minimum Gasteiger partial charge on any atom is -0.368 e. The summed E-state index contributed by atoms with van der Waals surface area (Å²) in [5, 5.41) is 3.40. The van der Waals surface area contributed by atoms with E-state index in [1.165, 1.54) is 38.5 Å². The molecule has 6 heteroatoms. The number of hydrogen-bond donors (Lipinski definition) is 2. The smallest absolute Gasteiger partial charge is 0.231 e. The summed E-state index contributed by atoms with van der Waals surface area (Å²) in [5.74, 6) is 2.40. The van der Waals surface area contributed by atoms with E-state index in [4.69, 9.17) is 5.73 Å². The predicted octanol–water partition coefficient (Wildman–Crippen LogP) is 2.04. The Kier molecular flexibility index (Phi) is 3.89. The molecule has 0 amide bonds. The van der Waals surface area contributed by atoms with Gasteiger partial charge in [0.05, 0.1) is 0 Å². The van der Waals surface area contributed by atoms with Gasteiger partial charge in [-0.1, -0.05) is 6.42 Å². The SMILES string of the molecule is CC(Nc1nc(N)nc(N2CCCCC2)n1)C1CCC1. The maximum Gasteiger partial charge on any atom is 0.231 e. The second-order valence-electron chi connectivity index (χ2n) is 5.99. The van der Waals surface area contributed by atoms with Crippen LogP contribution in [0.3, 0.4) is 0 Å². The monoisotopic (exact) mass is 276 g/mol. The van der Waals surface area contributed by atoms with Crippen LogP contribution < -0.4 is 16.0 Å². The number of nitrogens with zero attached hydrogens (tertiary/aromatic N) is 4. The Bertz CT molecular complexity index is 453. The summed E-state index contributed by atoms with van der Waals surface area (Å²) >= 11 is 0. The van der Waals surface area contributed by atoms with Crippen molar-refractivity contribution in [3.8, 4) is 0 Å². The van der Waals surface area contributed by atoms with E-state index in [-0.39, 0.29) is 0 Å². The van der Waals surface area contributed by atoms with Crippen molar-refractivity contribution in [2.24, 2.45) is 5.92 Å². The Morgan fingerprint density at radius 2 is 1.85 bits per heavy atom. The number of rotatable bonds is 4. The lowest BCUT2D eigenvalue weighted by Crippen LogP contribution is -2.33. The summed E-state index contributed by atoms with van der Waals surface area (Å²) in [6.45, 7) is 4.23. The Hall–Kier alpha value is -1.59. The van der Waals surface area contributed by atoms with E-state index < -0.39 is 0 Å². The van der Waals surface area contributed by atoms with Gasteiger partial charge in [-0.25, -0.2) is 0 Å². The third-order valence-electron chi connectivity index (χ3n) is 4.49. The van der Waals surface area contributed by atoms with Crippen molar-refractivity contribution in [2.45, 2.75) is 51.5 Å². The zero-order valence-corrected chi connectivity index (χ0v) is 12.2. The van der Waals surface area contributed by atoms with Crippen molar-refractivity contribution >= 4 is 17.8 Å². The largest absolute Gasteiger partial charge is 0.368 e. The first kappa shape index (κ1) is 13.4. The number of aromatic nitrogens is 3. The molecule has 3 N–H and O–H groups in total. The van der Waals surface area contributed by atoms with Gasteiger partial charge in [0, 0.05) is 19.1 Å². The molecule has 110 valence electrons. The molecular formula is C14H24N6. The molecule has 1 aromatic heterocycles. The Labute approximate surface area is 120 Å². The van der Waals surface area contributed by atoms with Gasteiger partial charge >= 0.3 is 0 Å². The fraction of sp³-hybridized carbons (Fsp3) is 0.786. The topological polar surface area (TPSA) is 80.0 Å². The van der Waals surface area contributed by atoms with Crippen molar-refractivity contribution < 1.29 is 0 Å². The number of nitrogens with one attached hydrogen (secondary N) is 1. The minimum atomic E-state index is 0.309. The first-order valence-corrected chi connectivity index (χ1v) is 7.75. The molecule has 3 rings (SSSR count). The minimum absolute atomic E-state index is 0.309. The van der Waals surface area contributed by atoms with Gasteiger partial charge in [-0.3, -0.25) is 0 Å². The zero-order valence-electron chi connectivity index (χ0n) is 12.2. The van der Waals surface area contributed by atoms with Crippen molar-refractivity contribution in [3.63, 3.8) is 0 Å². The molecule has 1 saturated heterocycles. The van der Waals surface area contributed by atoms with Gasteiger partial charge in [-0.2, -0.15) is 15.0 Å². The Balaban J connectivity index is 1.71. The summed E-state index contributed by atoms with van der Waals surface area (Å²) < 4.78 is 0. The summed E-state index contributed by atoms with van der Waals surface area (Å²) in [5.41, 5.74) is 5.84. The molecule has 0 radical (unpaired) electrons. The third kappa shape index (κ3) is 2.94. The predicted molar refractivity (Wildman–Crippen MR) is 80.7 cm³/mol. The first-order chi connectivity index (χ1) is 9.72. The number of hydrogen-bond acceptors (Lipinski definition) is 6. The van der Waals surface area contributed by atoms with Crippen LogP contribution in [-0.2, 0) is 0 Å². The van der Waals surface area contributed by atoms with Gasteiger partial charge in [0.2, 0.25) is 17.8 Å². The zero-order chi connectivity index (χ0) is 13.9. The third-order valence-corrected chi connectivity index (χ3v) is 4.49. The maximum atomic E-state index is 5.84. The van der Waals surface area contributed by atoms with Crippen LogP contribution in [0.15, 0.2) is 0 Å². The maximum absolute atomic E-state index is 5.84. The lowest BCUT2D eigenvalue weighted by atomic mass is 9.80. The van der Waals surface area contributed by atoms with Crippen LogP contribution in [-0.4, -0.2) is 34.1 Å². The van der Waals surface area contributed by atoms with E-state index in [1.54, 1.807) is 0 Å². The van der Waals surface area contributed by atoms with E-state index in [9.17, 15) is 0 Å². The van der Waals surface area contributed by atoms with Crippen LogP contribution in [0.25, 0.3) is 0 Å². The molecule has 6 nitrogen and oxygen atoms in total. The molecule has 2 aliphatic rings. The molecule has 0 bridgehead atoms. The van der Waals surface area contributed by atoms with Crippen LogP contribution in [0.2, 0.25) is 0 Å². The van der Waals surface area contributed by atoms with Crippen LogP contribution in [0.5, 0.6) is 0 Å². The second-order valence-corrected chi connectivity index (χ2v) is 5.99. The molecular weight excluding hydrogens is 252 g/mol. The van der Waals surface area contributed by atoms with E-state index in [0.29, 0.717) is 17.9 Å². The van der Waals surface area contributed by atoms with E-state index in [0.717, 1.165) is 25.0 Å². The Morgan fingerprint density at radius 1 is 1.10 bits per heavy atom. The van der Waals surface area contributed by atoms with Gasteiger partial charge in [0.15, 0.2) is 0 Å². The summed E-state index contributed by atoms with van der Waals surface area (Å²) in [7, 11) is 0. The average molecular weight is 276 g/mol. The van der Waals surface area contributed by atoms with Gasteiger partial charge in [0.25, 0.3) is 0 Å². The van der Waals surface area contributed by atoms with Crippen molar-refractivity contribution in [1.82, 2.24) is 15.0 Å². The lowest BCUT2D eigenvalue weighted by molar-refractivity contribution is 0.284. The quantitative estimate of drug-likeness (QED) is 0.876. The number of nitrogen functional groups attached to an aromatic ring is 1. The normalized spacial score (nSPS) is 21.4. The standard InChI is InChI=1S/C14H24N6/c1-10(11-6-5-7-11)16-13-17-12(15)18-14(19-13)20-8-3-2-4-9-20/h10-11H,2-9H2,1H3,(H3,15,16,17,18,19). The fourth-order valence-corrected chi connectivity index (χ4v) is 2.94. The molecule has 1 aromatic rings. The molecule has 1 aliphatic heterocycles. The van der Waals surface area contributed by atoms with Crippen molar-refractivity contribution in [1.29, 1.82) is 0 Å². The van der Waals surface area contributed by atoms with Crippen LogP contribution >= 0.6 is 0 Å². The highest BCUT2D eigenvalue weighted by atomic mass is 15.3. The van der Waals surface area contributed by atoms with Crippen LogP contribution in [0.4, 0.5) is 17.8 Å². The number of anilines is 3. The number of piperidine rings is 1. The molecule has 2 heterocycles. The molecule has 0 spiro atoms. The van der Waals surface area contributed by atoms with E-state index in [2.05, 4.69) is 32.1 Å². The highest BCUT2D eigenvalue weighted by molar-refractivity contribution is 5.42.